The first kappa shape index (κ1) is 8.99. The predicted octanol–water partition coefficient (Wildman–Crippen LogP) is -1.58. The smallest absolute Gasteiger partial charge is 0.240 e. The number of amides is 2. The van der Waals surface area contributed by atoms with Gasteiger partial charge in [-0.15, -0.1) is 0 Å². The Balaban J connectivity index is 2.65. The molecule has 12 heavy (non-hydrogen) atoms. The highest BCUT2D eigenvalue weighted by atomic mass is 16.2. The predicted molar refractivity (Wildman–Crippen MR) is 43.0 cm³/mol. The third-order valence-electron chi connectivity index (χ3n) is 2.16. The molecule has 0 aromatic carbocycles. The molecule has 2 amide bonds. The fraction of sp³-hybridized carbons (Fsp3) is 0.714. The van der Waals surface area contributed by atoms with Gasteiger partial charge in [0, 0.05) is 6.54 Å². The van der Waals surface area contributed by atoms with Crippen molar-refractivity contribution < 1.29 is 9.59 Å². The third kappa shape index (κ3) is 1.40. The Morgan fingerprint density at radius 2 is 2.33 bits per heavy atom. The molecule has 0 radical (unpaired) electrons. The topological polar surface area (TPSA) is 89.4 Å². The van der Waals surface area contributed by atoms with Crippen LogP contribution in [-0.4, -0.2) is 35.3 Å². The highest BCUT2D eigenvalue weighted by molar-refractivity contribution is 5.90. The SMILES string of the molecule is CC(C(N)=O)N1CCC(N)C1=O. The summed E-state index contributed by atoms with van der Waals surface area (Å²) in [6, 6.07) is -0.988. The number of likely N-dealkylation sites (tertiary alicyclic amines) is 1. The quantitative estimate of drug-likeness (QED) is 0.525. The number of hydrogen-bond donors (Lipinski definition) is 2. The maximum absolute atomic E-state index is 11.2. The van der Waals surface area contributed by atoms with E-state index in [9.17, 15) is 9.59 Å². The molecule has 0 spiro atoms. The zero-order valence-electron chi connectivity index (χ0n) is 6.99. The van der Waals surface area contributed by atoms with Crippen LogP contribution >= 0.6 is 0 Å². The molecule has 1 heterocycles. The molecule has 1 aliphatic rings. The number of nitrogens with two attached hydrogens (primary N) is 2. The standard InChI is InChI=1S/C7H13N3O2/c1-4(6(9)11)10-3-2-5(8)7(10)12/h4-5H,2-3,8H2,1H3,(H2,9,11). The molecule has 0 bridgehead atoms. The molecule has 0 aromatic rings. The van der Waals surface area contributed by atoms with Crippen LogP contribution in [0.2, 0.25) is 0 Å². The molecule has 5 heteroatoms. The van der Waals surface area contributed by atoms with Crippen LogP contribution in [0.3, 0.4) is 0 Å². The number of carbonyl (C=O) groups excluding carboxylic acids is 2. The van der Waals surface area contributed by atoms with Crippen molar-refractivity contribution in [3.8, 4) is 0 Å². The van der Waals surface area contributed by atoms with Crippen molar-refractivity contribution in [1.82, 2.24) is 4.90 Å². The maximum Gasteiger partial charge on any atom is 0.240 e. The van der Waals surface area contributed by atoms with Crippen molar-refractivity contribution in [2.24, 2.45) is 11.5 Å². The van der Waals surface area contributed by atoms with Gasteiger partial charge in [-0.3, -0.25) is 9.59 Å². The molecule has 1 fully saturated rings. The zero-order valence-corrected chi connectivity index (χ0v) is 6.99. The molecular weight excluding hydrogens is 158 g/mol. The molecule has 4 N–H and O–H groups in total. The summed E-state index contributed by atoms with van der Waals surface area (Å²) >= 11 is 0. The minimum Gasteiger partial charge on any atom is -0.368 e. The van der Waals surface area contributed by atoms with E-state index in [4.69, 9.17) is 11.5 Å². The number of hydrogen-bond acceptors (Lipinski definition) is 3. The van der Waals surface area contributed by atoms with Gasteiger partial charge in [-0.05, 0) is 13.3 Å². The molecule has 1 saturated heterocycles. The molecule has 1 rings (SSSR count). The Kier molecular flexibility index (Phi) is 2.32. The normalized spacial score (nSPS) is 26.0. The van der Waals surface area contributed by atoms with Crippen LogP contribution in [0.4, 0.5) is 0 Å². The highest BCUT2D eigenvalue weighted by Gasteiger charge is 2.33. The molecular formula is C7H13N3O2. The van der Waals surface area contributed by atoms with Crippen LogP contribution in [0.1, 0.15) is 13.3 Å². The molecule has 5 nitrogen and oxygen atoms in total. The number of nitrogens with zero attached hydrogens (tertiary/aromatic N) is 1. The Morgan fingerprint density at radius 1 is 1.75 bits per heavy atom. The van der Waals surface area contributed by atoms with E-state index in [-0.39, 0.29) is 5.91 Å². The minimum absolute atomic E-state index is 0.179. The molecule has 1 aliphatic heterocycles. The number of rotatable bonds is 2. The average Bonchev–Trinajstić information content (AvgIpc) is 2.32. The Hall–Kier alpha value is -1.10. The summed E-state index contributed by atoms with van der Waals surface area (Å²) in [5, 5.41) is 0. The van der Waals surface area contributed by atoms with Crippen LogP contribution in [0, 0.1) is 0 Å². The van der Waals surface area contributed by atoms with Crippen LogP contribution < -0.4 is 11.5 Å². The van der Waals surface area contributed by atoms with Gasteiger partial charge in [0.25, 0.3) is 0 Å². The molecule has 0 aliphatic carbocycles. The summed E-state index contributed by atoms with van der Waals surface area (Å²) in [5.74, 6) is -0.668. The van der Waals surface area contributed by atoms with Crippen molar-refractivity contribution in [2.45, 2.75) is 25.4 Å². The first-order chi connectivity index (χ1) is 5.54. The van der Waals surface area contributed by atoms with Gasteiger partial charge >= 0.3 is 0 Å². The summed E-state index contributed by atoms with van der Waals surface area (Å²) in [6.45, 7) is 2.14. The van der Waals surface area contributed by atoms with Gasteiger partial charge in [0.15, 0.2) is 0 Å². The van der Waals surface area contributed by atoms with Crippen molar-refractivity contribution in [2.75, 3.05) is 6.54 Å². The largest absolute Gasteiger partial charge is 0.368 e. The van der Waals surface area contributed by atoms with Gasteiger partial charge in [0.05, 0.1) is 6.04 Å². The first-order valence-corrected chi connectivity index (χ1v) is 3.89. The van der Waals surface area contributed by atoms with Crippen molar-refractivity contribution in [3.05, 3.63) is 0 Å². The van der Waals surface area contributed by atoms with Crippen LogP contribution in [0.15, 0.2) is 0 Å². The third-order valence-corrected chi connectivity index (χ3v) is 2.16. The summed E-state index contributed by atoms with van der Waals surface area (Å²) in [6.07, 6.45) is 0.608. The second-order valence-corrected chi connectivity index (χ2v) is 3.01. The van der Waals surface area contributed by atoms with Gasteiger partial charge in [0.1, 0.15) is 6.04 Å². The van der Waals surface area contributed by atoms with E-state index in [1.54, 1.807) is 6.92 Å². The van der Waals surface area contributed by atoms with Gasteiger partial charge in [-0.25, -0.2) is 0 Å². The Labute approximate surface area is 70.7 Å². The summed E-state index contributed by atoms with van der Waals surface area (Å²) in [5.41, 5.74) is 10.5. The van der Waals surface area contributed by atoms with Crippen LogP contribution in [0.25, 0.3) is 0 Å². The van der Waals surface area contributed by atoms with Gasteiger partial charge in [0.2, 0.25) is 11.8 Å². The van der Waals surface area contributed by atoms with Gasteiger partial charge in [-0.1, -0.05) is 0 Å². The summed E-state index contributed by atoms with van der Waals surface area (Å²) in [4.78, 5) is 23.4. The lowest BCUT2D eigenvalue weighted by atomic mass is 10.3. The average molecular weight is 171 g/mol. The van der Waals surface area contributed by atoms with E-state index in [0.717, 1.165) is 0 Å². The number of carbonyl (C=O) groups is 2. The monoisotopic (exact) mass is 171 g/mol. The van der Waals surface area contributed by atoms with Crippen molar-refractivity contribution >= 4 is 11.8 Å². The van der Waals surface area contributed by atoms with E-state index >= 15 is 0 Å². The summed E-state index contributed by atoms with van der Waals surface area (Å²) in [7, 11) is 0. The summed E-state index contributed by atoms with van der Waals surface area (Å²) < 4.78 is 0. The number of primary amides is 1. The second kappa shape index (κ2) is 3.10. The van der Waals surface area contributed by atoms with E-state index in [1.165, 1.54) is 4.90 Å². The highest BCUT2D eigenvalue weighted by Crippen LogP contribution is 2.12. The van der Waals surface area contributed by atoms with Gasteiger partial charge in [-0.2, -0.15) is 0 Å². The fourth-order valence-electron chi connectivity index (χ4n) is 1.26. The first-order valence-electron chi connectivity index (χ1n) is 3.89. The minimum atomic E-state index is -0.536. The molecule has 2 atom stereocenters. The van der Waals surface area contributed by atoms with E-state index in [1.807, 2.05) is 0 Å². The molecule has 0 saturated carbocycles. The molecule has 2 unspecified atom stereocenters. The zero-order chi connectivity index (χ0) is 9.30. The van der Waals surface area contributed by atoms with Crippen molar-refractivity contribution in [3.63, 3.8) is 0 Å². The molecule has 68 valence electrons. The van der Waals surface area contributed by atoms with Gasteiger partial charge < -0.3 is 16.4 Å². The fourth-order valence-corrected chi connectivity index (χ4v) is 1.26. The van der Waals surface area contributed by atoms with E-state index in [0.29, 0.717) is 13.0 Å². The van der Waals surface area contributed by atoms with E-state index < -0.39 is 18.0 Å². The lowest BCUT2D eigenvalue weighted by Gasteiger charge is -2.21. The van der Waals surface area contributed by atoms with E-state index in [2.05, 4.69) is 0 Å². The lowest BCUT2D eigenvalue weighted by Crippen LogP contribution is -2.45. The Bertz CT molecular complexity index is 217. The second-order valence-electron chi connectivity index (χ2n) is 3.01. The Morgan fingerprint density at radius 3 is 2.67 bits per heavy atom. The van der Waals surface area contributed by atoms with Crippen LogP contribution in [0.5, 0.6) is 0 Å². The van der Waals surface area contributed by atoms with Crippen molar-refractivity contribution in [1.29, 1.82) is 0 Å². The van der Waals surface area contributed by atoms with Crippen LogP contribution in [-0.2, 0) is 9.59 Å². The maximum atomic E-state index is 11.2. The lowest BCUT2D eigenvalue weighted by molar-refractivity contribution is -0.136. The molecule has 0 aromatic heterocycles.